The molecule has 4 nitrogen and oxygen atoms in total. The lowest BCUT2D eigenvalue weighted by Gasteiger charge is -2.30. The fourth-order valence-corrected chi connectivity index (χ4v) is 2.96. The Morgan fingerprint density at radius 1 is 1.56 bits per heavy atom. The summed E-state index contributed by atoms with van der Waals surface area (Å²) in [6, 6.07) is 5.87. The molecule has 0 spiro atoms. The number of halogens is 1. The average Bonchev–Trinajstić information content (AvgIpc) is 2.51. The highest BCUT2D eigenvalue weighted by Crippen LogP contribution is 2.29. The Morgan fingerprint density at radius 3 is 3.00 bits per heavy atom. The second-order valence-corrected chi connectivity index (χ2v) is 5.40. The van der Waals surface area contributed by atoms with Crippen LogP contribution in [0.2, 0.25) is 0 Å². The third-order valence-corrected chi connectivity index (χ3v) is 3.82. The monoisotopic (exact) mass is 311 g/mol. The summed E-state index contributed by atoms with van der Waals surface area (Å²) in [7, 11) is 0. The lowest BCUT2D eigenvalue weighted by atomic mass is 10.1. The number of nitrogens with one attached hydrogen (secondary N) is 1. The molecule has 0 bridgehead atoms. The summed E-state index contributed by atoms with van der Waals surface area (Å²) in [5.74, 6) is 0.0162. The third-order valence-electron chi connectivity index (χ3n) is 3.19. The van der Waals surface area contributed by atoms with Crippen molar-refractivity contribution in [2.75, 3.05) is 24.5 Å². The zero-order chi connectivity index (χ0) is 13.1. The summed E-state index contributed by atoms with van der Waals surface area (Å²) >= 11 is 3.57. The molecule has 1 aliphatic rings. The minimum absolute atomic E-state index is 0.0162. The number of aryl methyl sites for hydroxylation is 1. The van der Waals surface area contributed by atoms with Crippen LogP contribution in [0, 0.1) is 6.92 Å². The van der Waals surface area contributed by atoms with Crippen LogP contribution in [0.15, 0.2) is 22.7 Å². The molecule has 1 aliphatic heterocycles. The summed E-state index contributed by atoms with van der Waals surface area (Å²) in [6.45, 7) is 3.92. The third kappa shape index (κ3) is 2.67. The van der Waals surface area contributed by atoms with E-state index in [2.05, 4.69) is 38.3 Å². The number of rotatable bonds is 2. The van der Waals surface area contributed by atoms with Crippen LogP contribution in [0.4, 0.5) is 5.69 Å². The molecule has 18 heavy (non-hydrogen) atoms. The van der Waals surface area contributed by atoms with Gasteiger partial charge in [0.15, 0.2) is 0 Å². The number of carbonyl (C=O) groups excluding carboxylic acids is 1. The Labute approximate surface area is 116 Å². The lowest BCUT2D eigenvalue weighted by Crippen LogP contribution is -2.49. The van der Waals surface area contributed by atoms with Crippen molar-refractivity contribution < 1.29 is 4.79 Å². The van der Waals surface area contributed by atoms with E-state index in [1.54, 1.807) is 0 Å². The maximum Gasteiger partial charge on any atom is 0.244 e. The molecule has 0 aliphatic carbocycles. The Balaban J connectivity index is 2.36. The van der Waals surface area contributed by atoms with Gasteiger partial charge in [-0.15, -0.1) is 0 Å². The Kier molecular flexibility index (Phi) is 4.24. The van der Waals surface area contributed by atoms with Crippen LogP contribution in [0.3, 0.4) is 0 Å². The van der Waals surface area contributed by atoms with E-state index < -0.39 is 0 Å². The lowest BCUT2D eigenvalue weighted by molar-refractivity contribution is -0.121. The molecule has 0 aromatic heterocycles. The van der Waals surface area contributed by atoms with E-state index in [-0.39, 0.29) is 11.9 Å². The standard InChI is InChI=1S/C13H18BrN3O/c1-9-3-4-11(10(14)7-9)17-6-2-5-16-13(18)12(17)8-15/h3-4,7,12H,2,5-6,8,15H2,1H3,(H,16,18). The van der Waals surface area contributed by atoms with Crippen molar-refractivity contribution in [3.05, 3.63) is 28.2 Å². The van der Waals surface area contributed by atoms with E-state index in [1.807, 2.05) is 13.0 Å². The zero-order valence-electron chi connectivity index (χ0n) is 10.4. The highest BCUT2D eigenvalue weighted by molar-refractivity contribution is 9.10. The fourth-order valence-electron chi connectivity index (χ4n) is 2.24. The molecule has 1 aromatic carbocycles. The largest absolute Gasteiger partial charge is 0.358 e. The number of benzene rings is 1. The molecule has 0 saturated carbocycles. The van der Waals surface area contributed by atoms with Crippen molar-refractivity contribution in [3.63, 3.8) is 0 Å². The van der Waals surface area contributed by atoms with E-state index in [0.717, 1.165) is 29.7 Å². The summed E-state index contributed by atoms with van der Waals surface area (Å²) in [6.07, 6.45) is 0.933. The summed E-state index contributed by atoms with van der Waals surface area (Å²) in [5, 5.41) is 2.90. The first-order valence-corrected chi connectivity index (χ1v) is 6.93. The van der Waals surface area contributed by atoms with Crippen LogP contribution in [0.25, 0.3) is 0 Å². The Hall–Kier alpha value is -1.07. The van der Waals surface area contributed by atoms with Crippen LogP contribution in [0.5, 0.6) is 0 Å². The van der Waals surface area contributed by atoms with E-state index in [9.17, 15) is 4.79 Å². The van der Waals surface area contributed by atoms with Gasteiger partial charge in [0.2, 0.25) is 5.91 Å². The van der Waals surface area contributed by atoms with Gasteiger partial charge in [-0.05, 0) is 47.0 Å². The molecule has 1 unspecified atom stereocenters. The number of anilines is 1. The molecule has 0 radical (unpaired) electrons. The molecule has 1 atom stereocenters. The molecule has 1 saturated heterocycles. The molecule has 1 heterocycles. The van der Waals surface area contributed by atoms with Gasteiger partial charge in [0.25, 0.3) is 0 Å². The number of amides is 1. The van der Waals surface area contributed by atoms with Gasteiger partial charge >= 0.3 is 0 Å². The minimum atomic E-state index is -0.286. The molecular formula is C13H18BrN3O. The molecule has 2 rings (SSSR count). The topological polar surface area (TPSA) is 58.4 Å². The minimum Gasteiger partial charge on any atom is -0.358 e. The SMILES string of the molecule is Cc1ccc(N2CCCNC(=O)C2CN)c(Br)c1. The van der Waals surface area contributed by atoms with E-state index >= 15 is 0 Å². The van der Waals surface area contributed by atoms with Crippen LogP contribution in [-0.2, 0) is 4.79 Å². The predicted octanol–water partition coefficient (Wildman–Crippen LogP) is 1.41. The fraction of sp³-hybridized carbons (Fsp3) is 0.462. The molecule has 1 fully saturated rings. The molecule has 1 amide bonds. The van der Waals surface area contributed by atoms with Crippen LogP contribution >= 0.6 is 15.9 Å². The van der Waals surface area contributed by atoms with Gasteiger partial charge in [0.1, 0.15) is 6.04 Å². The quantitative estimate of drug-likeness (QED) is 0.868. The summed E-state index contributed by atoms with van der Waals surface area (Å²) in [5.41, 5.74) is 7.98. The summed E-state index contributed by atoms with van der Waals surface area (Å²) in [4.78, 5) is 14.0. The van der Waals surface area contributed by atoms with Gasteiger partial charge in [0, 0.05) is 24.1 Å². The Morgan fingerprint density at radius 2 is 2.33 bits per heavy atom. The number of nitrogens with two attached hydrogens (primary N) is 1. The second-order valence-electron chi connectivity index (χ2n) is 4.54. The van der Waals surface area contributed by atoms with Gasteiger partial charge in [-0.3, -0.25) is 4.79 Å². The number of hydrogen-bond donors (Lipinski definition) is 2. The number of carbonyl (C=O) groups is 1. The van der Waals surface area contributed by atoms with E-state index in [0.29, 0.717) is 6.54 Å². The van der Waals surface area contributed by atoms with Crippen LogP contribution < -0.4 is 16.0 Å². The van der Waals surface area contributed by atoms with E-state index in [1.165, 1.54) is 5.56 Å². The van der Waals surface area contributed by atoms with Crippen molar-refractivity contribution in [2.24, 2.45) is 5.73 Å². The van der Waals surface area contributed by atoms with Crippen LogP contribution in [0.1, 0.15) is 12.0 Å². The average molecular weight is 312 g/mol. The molecule has 1 aromatic rings. The smallest absolute Gasteiger partial charge is 0.244 e. The highest BCUT2D eigenvalue weighted by Gasteiger charge is 2.27. The van der Waals surface area contributed by atoms with Gasteiger partial charge in [-0.1, -0.05) is 6.07 Å². The predicted molar refractivity (Wildman–Crippen MR) is 76.7 cm³/mol. The van der Waals surface area contributed by atoms with E-state index in [4.69, 9.17) is 5.73 Å². The Bertz CT molecular complexity index is 450. The maximum atomic E-state index is 12.0. The van der Waals surface area contributed by atoms with Gasteiger partial charge in [-0.25, -0.2) is 0 Å². The van der Waals surface area contributed by atoms with Gasteiger partial charge in [0.05, 0.1) is 5.69 Å². The first-order valence-electron chi connectivity index (χ1n) is 6.14. The van der Waals surface area contributed by atoms with Crippen molar-refractivity contribution in [2.45, 2.75) is 19.4 Å². The van der Waals surface area contributed by atoms with Crippen molar-refractivity contribution in [3.8, 4) is 0 Å². The first kappa shape index (κ1) is 13.4. The molecular weight excluding hydrogens is 294 g/mol. The maximum absolute atomic E-state index is 12.0. The van der Waals surface area contributed by atoms with Crippen LogP contribution in [-0.4, -0.2) is 31.6 Å². The van der Waals surface area contributed by atoms with Crippen molar-refractivity contribution in [1.82, 2.24) is 5.32 Å². The highest BCUT2D eigenvalue weighted by atomic mass is 79.9. The number of hydrogen-bond acceptors (Lipinski definition) is 3. The van der Waals surface area contributed by atoms with Crippen molar-refractivity contribution in [1.29, 1.82) is 0 Å². The summed E-state index contributed by atoms with van der Waals surface area (Å²) < 4.78 is 1.01. The normalized spacial score (nSPS) is 20.5. The van der Waals surface area contributed by atoms with Gasteiger partial charge in [-0.2, -0.15) is 0 Å². The van der Waals surface area contributed by atoms with Gasteiger partial charge < -0.3 is 16.0 Å². The number of nitrogens with zero attached hydrogens (tertiary/aromatic N) is 1. The molecule has 3 N–H and O–H groups in total. The first-order chi connectivity index (χ1) is 8.63. The molecule has 5 heteroatoms. The second kappa shape index (κ2) is 5.71. The van der Waals surface area contributed by atoms with Crippen molar-refractivity contribution >= 4 is 27.5 Å². The molecule has 98 valence electrons. The zero-order valence-corrected chi connectivity index (χ0v) is 12.0.